The highest BCUT2D eigenvalue weighted by Gasteiger charge is 2.22. The predicted octanol–water partition coefficient (Wildman–Crippen LogP) is 2.00. The molecule has 0 bridgehead atoms. The first-order valence-corrected chi connectivity index (χ1v) is 8.42. The molecular formula is C20H19N4O+. The molecule has 124 valence electrons. The molecule has 1 aromatic heterocycles. The van der Waals surface area contributed by atoms with Gasteiger partial charge in [0.1, 0.15) is 24.7 Å². The molecule has 5 nitrogen and oxygen atoms in total. The van der Waals surface area contributed by atoms with E-state index in [1.54, 1.807) is 0 Å². The van der Waals surface area contributed by atoms with Crippen LogP contribution in [0.25, 0.3) is 16.6 Å². The number of nitrogens with one attached hydrogen (secondary N) is 2. The van der Waals surface area contributed by atoms with Gasteiger partial charge in [0.25, 0.3) is 0 Å². The van der Waals surface area contributed by atoms with Crippen LogP contribution in [-0.2, 0) is 13.0 Å². The normalized spacial score (nSPS) is 17.6. The average Bonchev–Trinajstić information content (AvgIpc) is 3.05. The number of aromatic amines is 1. The summed E-state index contributed by atoms with van der Waals surface area (Å²) in [4.78, 5) is 8.80. The van der Waals surface area contributed by atoms with Crippen LogP contribution in [0.1, 0.15) is 17.0 Å². The molecule has 1 aliphatic heterocycles. The summed E-state index contributed by atoms with van der Waals surface area (Å²) in [5.41, 5.74) is 4.57. The van der Waals surface area contributed by atoms with Gasteiger partial charge < -0.3 is 15.0 Å². The van der Waals surface area contributed by atoms with E-state index in [0.29, 0.717) is 12.4 Å². The monoisotopic (exact) mass is 331 g/mol. The maximum atomic E-state index is 10.6. The second-order valence-corrected chi connectivity index (χ2v) is 6.41. The number of fused-ring (bicyclic) bond motifs is 2. The molecule has 0 spiro atoms. The van der Waals surface area contributed by atoms with Crippen LogP contribution in [0.5, 0.6) is 0 Å². The van der Waals surface area contributed by atoms with E-state index in [1.807, 2.05) is 30.3 Å². The van der Waals surface area contributed by atoms with Crippen LogP contribution in [0.3, 0.4) is 0 Å². The molecule has 3 N–H and O–H groups in total. The standard InChI is InChI=1S/C20H18N4O/c21-11-16(20-22-17-7-3-4-8-18(17)23-20)19(25)13-24-10-9-14-5-1-2-6-15(14)12-24/h1-8,25H,9-10,12-13H2,(H,22,23)/p+1/b19-16-. The number of allylic oxidation sites excluding steroid dienone is 1. The van der Waals surface area contributed by atoms with E-state index in [-0.39, 0.29) is 11.3 Å². The first-order valence-electron chi connectivity index (χ1n) is 8.42. The predicted molar refractivity (Wildman–Crippen MR) is 95.8 cm³/mol. The van der Waals surface area contributed by atoms with Crippen molar-refractivity contribution < 1.29 is 10.0 Å². The second-order valence-electron chi connectivity index (χ2n) is 6.41. The fraction of sp³-hybridized carbons (Fsp3) is 0.200. The number of aliphatic hydroxyl groups excluding tert-OH is 1. The highest BCUT2D eigenvalue weighted by Crippen LogP contribution is 2.18. The molecule has 1 unspecified atom stereocenters. The number of quaternary nitrogens is 1. The molecule has 0 radical (unpaired) electrons. The molecule has 25 heavy (non-hydrogen) atoms. The number of H-pyrrole nitrogens is 1. The van der Waals surface area contributed by atoms with Crippen molar-refractivity contribution in [1.29, 1.82) is 5.26 Å². The Morgan fingerprint density at radius 1 is 1.16 bits per heavy atom. The first-order chi connectivity index (χ1) is 12.2. The summed E-state index contributed by atoms with van der Waals surface area (Å²) in [6, 6.07) is 18.1. The minimum absolute atomic E-state index is 0.0935. The molecule has 0 aliphatic carbocycles. The fourth-order valence-electron chi connectivity index (χ4n) is 3.44. The van der Waals surface area contributed by atoms with Gasteiger partial charge in [0, 0.05) is 12.0 Å². The number of hydrogen-bond donors (Lipinski definition) is 3. The van der Waals surface area contributed by atoms with Crippen LogP contribution in [-0.4, -0.2) is 28.2 Å². The number of imidazole rings is 1. The molecule has 3 aromatic rings. The Balaban J connectivity index is 1.59. The zero-order chi connectivity index (χ0) is 17.2. The first kappa shape index (κ1) is 15.4. The van der Waals surface area contributed by atoms with Gasteiger partial charge in [-0.3, -0.25) is 0 Å². The number of para-hydroxylation sites is 2. The number of aliphatic hydroxyl groups is 1. The van der Waals surface area contributed by atoms with E-state index in [9.17, 15) is 10.4 Å². The molecule has 0 amide bonds. The Kier molecular flexibility index (Phi) is 3.96. The van der Waals surface area contributed by atoms with Gasteiger partial charge in [-0.2, -0.15) is 5.26 Å². The maximum absolute atomic E-state index is 10.6. The van der Waals surface area contributed by atoms with Gasteiger partial charge in [0.2, 0.25) is 0 Å². The van der Waals surface area contributed by atoms with Gasteiger partial charge in [-0.15, -0.1) is 0 Å². The summed E-state index contributed by atoms with van der Waals surface area (Å²) in [5, 5.41) is 20.1. The number of aromatic nitrogens is 2. The molecule has 2 heterocycles. The quantitative estimate of drug-likeness (QED) is 0.507. The minimum Gasteiger partial charge on any atom is -0.506 e. The molecule has 5 heteroatoms. The van der Waals surface area contributed by atoms with Crippen molar-refractivity contribution in [3.63, 3.8) is 0 Å². The van der Waals surface area contributed by atoms with Crippen molar-refractivity contribution in [3.8, 4) is 6.07 Å². The number of nitriles is 1. The van der Waals surface area contributed by atoms with Gasteiger partial charge in [0.05, 0.1) is 17.6 Å². The molecule has 1 atom stereocenters. The van der Waals surface area contributed by atoms with Crippen LogP contribution in [0, 0.1) is 11.3 Å². The smallest absolute Gasteiger partial charge is 0.169 e. The van der Waals surface area contributed by atoms with Crippen molar-refractivity contribution in [2.24, 2.45) is 0 Å². The largest absolute Gasteiger partial charge is 0.506 e. The van der Waals surface area contributed by atoms with E-state index < -0.39 is 0 Å². The van der Waals surface area contributed by atoms with Crippen LogP contribution >= 0.6 is 0 Å². The van der Waals surface area contributed by atoms with Crippen molar-refractivity contribution in [2.75, 3.05) is 13.1 Å². The molecule has 2 aromatic carbocycles. The third-order valence-corrected chi connectivity index (χ3v) is 4.75. The van der Waals surface area contributed by atoms with Gasteiger partial charge in [-0.25, -0.2) is 4.98 Å². The minimum atomic E-state index is 0.0935. The summed E-state index contributed by atoms with van der Waals surface area (Å²) in [7, 11) is 0. The van der Waals surface area contributed by atoms with Crippen LogP contribution < -0.4 is 4.90 Å². The van der Waals surface area contributed by atoms with E-state index >= 15 is 0 Å². The Morgan fingerprint density at radius 3 is 2.72 bits per heavy atom. The maximum Gasteiger partial charge on any atom is 0.169 e. The summed E-state index contributed by atoms with van der Waals surface area (Å²) in [6.07, 6.45) is 0.991. The Labute approximate surface area is 145 Å². The Morgan fingerprint density at radius 2 is 1.92 bits per heavy atom. The molecule has 0 saturated heterocycles. The average molecular weight is 331 g/mol. The van der Waals surface area contributed by atoms with E-state index in [1.165, 1.54) is 16.0 Å². The molecule has 1 aliphatic rings. The van der Waals surface area contributed by atoms with Crippen LogP contribution in [0.2, 0.25) is 0 Å². The van der Waals surface area contributed by atoms with E-state index in [0.717, 1.165) is 30.5 Å². The highest BCUT2D eigenvalue weighted by atomic mass is 16.3. The summed E-state index contributed by atoms with van der Waals surface area (Å²) in [5.74, 6) is 0.522. The topological polar surface area (TPSA) is 77.1 Å². The van der Waals surface area contributed by atoms with Crippen molar-refractivity contribution in [1.82, 2.24) is 9.97 Å². The highest BCUT2D eigenvalue weighted by molar-refractivity contribution is 5.82. The number of benzene rings is 2. The molecule has 4 rings (SSSR count). The zero-order valence-electron chi connectivity index (χ0n) is 13.8. The molecule has 0 fully saturated rings. The van der Waals surface area contributed by atoms with Gasteiger partial charge >= 0.3 is 0 Å². The number of hydrogen-bond acceptors (Lipinski definition) is 3. The van der Waals surface area contributed by atoms with E-state index in [2.05, 4.69) is 34.2 Å². The van der Waals surface area contributed by atoms with Crippen LogP contribution in [0.15, 0.2) is 54.3 Å². The van der Waals surface area contributed by atoms with Crippen molar-refractivity contribution in [2.45, 2.75) is 13.0 Å². The second kappa shape index (κ2) is 6.42. The Bertz CT molecular complexity index is 963. The lowest BCUT2D eigenvalue weighted by Crippen LogP contribution is -3.12. The van der Waals surface area contributed by atoms with Crippen molar-refractivity contribution >= 4 is 16.6 Å². The summed E-state index contributed by atoms with van der Waals surface area (Å²) >= 11 is 0. The van der Waals surface area contributed by atoms with Gasteiger partial charge in [-0.1, -0.05) is 36.4 Å². The molecular weight excluding hydrogens is 312 g/mol. The SMILES string of the molecule is N#C/C(=C(/O)C[NH+]1CCc2ccccc2C1)c1nc2ccccc2[nH]1. The summed E-state index contributed by atoms with van der Waals surface area (Å²) in [6.45, 7) is 2.23. The lowest BCUT2D eigenvalue weighted by Gasteiger charge is -2.25. The lowest BCUT2D eigenvalue weighted by atomic mass is 10.00. The summed E-state index contributed by atoms with van der Waals surface area (Å²) < 4.78 is 0. The van der Waals surface area contributed by atoms with Crippen molar-refractivity contribution in [3.05, 3.63) is 71.2 Å². The number of rotatable bonds is 3. The third-order valence-electron chi connectivity index (χ3n) is 4.75. The van der Waals surface area contributed by atoms with E-state index in [4.69, 9.17) is 0 Å². The fourth-order valence-corrected chi connectivity index (χ4v) is 3.44. The van der Waals surface area contributed by atoms with Crippen LogP contribution in [0.4, 0.5) is 0 Å². The van der Waals surface area contributed by atoms with Gasteiger partial charge in [0.15, 0.2) is 11.6 Å². The molecule has 0 saturated carbocycles. The Hall–Kier alpha value is -3.10. The van der Waals surface area contributed by atoms with Gasteiger partial charge in [-0.05, 0) is 17.7 Å². The third kappa shape index (κ3) is 3.00. The lowest BCUT2D eigenvalue weighted by molar-refractivity contribution is -0.912. The number of nitrogens with zero attached hydrogens (tertiary/aromatic N) is 2. The zero-order valence-corrected chi connectivity index (χ0v) is 13.8.